The first-order valence-corrected chi connectivity index (χ1v) is 11.2. The lowest BCUT2D eigenvalue weighted by molar-refractivity contribution is 0.316. The summed E-state index contributed by atoms with van der Waals surface area (Å²) in [6.07, 6.45) is 6.65. The maximum atomic E-state index is 4.73. The third kappa shape index (κ3) is 4.24. The molecular formula is C24H30N6. The molecule has 2 saturated heterocycles. The van der Waals surface area contributed by atoms with Crippen molar-refractivity contribution in [2.45, 2.75) is 44.7 Å². The quantitative estimate of drug-likeness (QED) is 0.629. The molecule has 30 heavy (non-hydrogen) atoms. The third-order valence-electron chi connectivity index (χ3n) is 6.44. The number of piperidine rings is 1. The van der Waals surface area contributed by atoms with Crippen LogP contribution in [-0.2, 0) is 13.1 Å². The Kier molecular flexibility index (Phi) is 5.75. The van der Waals surface area contributed by atoms with Gasteiger partial charge < -0.3 is 9.47 Å². The van der Waals surface area contributed by atoms with Crippen LogP contribution in [-0.4, -0.2) is 50.8 Å². The average Bonchev–Trinajstić information content (AvgIpc) is 3.46. The van der Waals surface area contributed by atoms with Crippen LogP contribution in [0.3, 0.4) is 0 Å². The van der Waals surface area contributed by atoms with Crippen molar-refractivity contribution in [2.75, 3.05) is 31.1 Å². The Balaban J connectivity index is 1.35. The van der Waals surface area contributed by atoms with Crippen LogP contribution < -0.4 is 4.90 Å². The van der Waals surface area contributed by atoms with E-state index in [0.717, 1.165) is 56.5 Å². The van der Waals surface area contributed by atoms with E-state index in [1.165, 1.54) is 31.5 Å². The van der Waals surface area contributed by atoms with Gasteiger partial charge in [0.05, 0.1) is 13.1 Å². The largest absolute Gasteiger partial charge is 0.357 e. The van der Waals surface area contributed by atoms with E-state index < -0.39 is 0 Å². The van der Waals surface area contributed by atoms with Crippen LogP contribution in [0.4, 0.5) is 5.82 Å². The van der Waals surface area contributed by atoms with Crippen molar-refractivity contribution in [3.05, 3.63) is 71.9 Å². The lowest BCUT2D eigenvalue weighted by atomic mass is 9.95. The van der Waals surface area contributed by atoms with Gasteiger partial charge >= 0.3 is 0 Å². The molecule has 2 aromatic heterocycles. The molecule has 0 aliphatic carbocycles. The molecule has 0 N–H and O–H groups in total. The lowest BCUT2D eigenvalue weighted by Crippen LogP contribution is -2.34. The molecule has 6 nitrogen and oxygen atoms in total. The Hall–Kier alpha value is -2.73. The molecule has 0 saturated carbocycles. The van der Waals surface area contributed by atoms with E-state index in [2.05, 4.69) is 66.9 Å². The van der Waals surface area contributed by atoms with Crippen molar-refractivity contribution in [1.82, 2.24) is 24.6 Å². The van der Waals surface area contributed by atoms with E-state index >= 15 is 0 Å². The second kappa shape index (κ2) is 8.96. The number of likely N-dealkylation sites (tertiary alicyclic amines) is 1. The summed E-state index contributed by atoms with van der Waals surface area (Å²) >= 11 is 0. The SMILES string of the molecule is c1ccc(Cn2c(CN3CCCC3)nnc2C2CCN(c3ccccn3)CC2)cc1. The summed E-state index contributed by atoms with van der Waals surface area (Å²) in [4.78, 5) is 9.42. The van der Waals surface area contributed by atoms with E-state index in [1.807, 2.05) is 12.3 Å². The van der Waals surface area contributed by atoms with E-state index in [9.17, 15) is 0 Å². The van der Waals surface area contributed by atoms with Crippen molar-refractivity contribution in [3.8, 4) is 0 Å². The molecule has 0 atom stereocenters. The van der Waals surface area contributed by atoms with Crippen molar-refractivity contribution in [1.29, 1.82) is 0 Å². The van der Waals surface area contributed by atoms with Gasteiger partial charge in [0.1, 0.15) is 17.5 Å². The first-order chi connectivity index (χ1) is 14.9. The molecule has 2 fully saturated rings. The van der Waals surface area contributed by atoms with Crippen molar-refractivity contribution < 1.29 is 0 Å². The highest BCUT2D eigenvalue weighted by Crippen LogP contribution is 2.30. The van der Waals surface area contributed by atoms with E-state index in [-0.39, 0.29) is 0 Å². The van der Waals surface area contributed by atoms with Crippen LogP contribution in [0, 0.1) is 0 Å². The predicted molar refractivity (Wildman–Crippen MR) is 119 cm³/mol. The Morgan fingerprint density at radius 1 is 0.800 bits per heavy atom. The van der Waals surface area contributed by atoms with Crippen molar-refractivity contribution >= 4 is 5.82 Å². The Bertz CT molecular complexity index is 925. The summed E-state index contributed by atoms with van der Waals surface area (Å²) in [5.74, 6) is 3.81. The maximum Gasteiger partial charge on any atom is 0.147 e. The summed E-state index contributed by atoms with van der Waals surface area (Å²) in [6.45, 7) is 6.15. The monoisotopic (exact) mass is 402 g/mol. The minimum absolute atomic E-state index is 0.452. The number of benzene rings is 1. The number of nitrogens with zero attached hydrogens (tertiary/aromatic N) is 6. The number of hydrogen-bond acceptors (Lipinski definition) is 5. The lowest BCUT2D eigenvalue weighted by Gasteiger charge is -2.32. The van der Waals surface area contributed by atoms with Gasteiger partial charge in [0.25, 0.3) is 0 Å². The van der Waals surface area contributed by atoms with Crippen LogP contribution in [0.15, 0.2) is 54.7 Å². The molecule has 3 aromatic rings. The van der Waals surface area contributed by atoms with Crippen LogP contribution in [0.5, 0.6) is 0 Å². The molecule has 2 aliphatic rings. The van der Waals surface area contributed by atoms with Gasteiger partial charge in [0.15, 0.2) is 0 Å². The average molecular weight is 403 g/mol. The second-order valence-electron chi connectivity index (χ2n) is 8.48. The zero-order valence-electron chi connectivity index (χ0n) is 17.5. The second-order valence-corrected chi connectivity index (χ2v) is 8.48. The van der Waals surface area contributed by atoms with Gasteiger partial charge in [-0.2, -0.15) is 0 Å². The van der Waals surface area contributed by atoms with Gasteiger partial charge in [-0.1, -0.05) is 36.4 Å². The van der Waals surface area contributed by atoms with Crippen molar-refractivity contribution in [2.24, 2.45) is 0 Å². The molecule has 0 amide bonds. The first kappa shape index (κ1) is 19.2. The molecular weight excluding hydrogens is 372 g/mol. The highest BCUT2D eigenvalue weighted by molar-refractivity contribution is 5.38. The zero-order valence-corrected chi connectivity index (χ0v) is 17.5. The van der Waals surface area contributed by atoms with Crippen LogP contribution >= 0.6 is 0 Å². The molecule has 0 radical (unpaired) electrons. The molecule has 0 bridgehead atoms. The van der Waals surface area contributed by atoms with Crippen LogP contribution in [0.25, 0.3) is 0 Å². The smallest absolute Gasteiger partial charge is 0.147 e. The number of hydrogen-bond donors (Lipinski definition) is 0. The van der Waals surface area contributed by atoms with Gasteiger partial charge in [-0.15, -0.1) is 10.2 Å². The highest BCUT2D eigenvalue weighted by Gasteiger charge is 2.27. The summed E-state index contributed by atoms with van der Waals surface area (Å²) in [6, 6.07) is 16.9. The number of pyridine rings is 1. The fraction of sp³-hybridized carbons (Fsp3) is 0.458. The number of aromatic nitrogens is 4. The molecule has 1 aromatic carbocycles. The zero-order chi connectivity index (χ0) is 20.2. The van der Waals surface area contributed by atoms with E-state index in [1.54, 1.807) is 0 Å². The van der Waals surface area contributed by atoms with Gasteiger partial charge in [0.2, 0.25) is 0 Å². The minimum Gasteiger partial charge on any atom is -0.357 e. The standard InChI is InChI=1S/C24H30N6/c1-2-8-20(9-3-1)18-30-23(19-28-14-6-7-15-28)26-27-24(30)21-11-16-29(17-12-21)22-10-4-5-13-25-22/h1-5,8-10,13,21H,6-7,11-12,14-19H2. The van der Waals surface area contributed by atoms with Crippen LogP contribution in [0.2, 0.25) is 0 Å². The fourth-order valence-electron chi connectivity index (χ4n) is 4.75. The Labute approximate surface area is 178 Å². The summed E-state index contributed by atoms with van der Waals surface area (Å²) < 4.78 is 2.40. The fourth-order valence-corrected chi connectivity index (χ4v) is 4.75. The van der Waals surface area contributed by atoms with Gasteiger partial charge in [-0.3, -0.25) is 4.90 Å². The third-order valence-corrected chi connectivity index (χ3v) is 6.44. The van der Waals surface area contributed by atoms with Gasteiger partial charge in [-0.05, 0) is 56.5 Å². The topological polar surface area (TPSA) is 50.1 Å². The molecule has 0 unspecified atom stereocenters. The number of anilines is 1. The summed E-state index contributed by atoms with van der Waals surface area (Å²) in [5, 5.41) is 9.40. The minimum atomic E-state index is 0.452. The Morgan fingerprint density at radius 3 is 2.30 bits per heavy atom. The highest BCUT2D eigenvalue weighted by atomic mass is 15.3. The molecule has 6 heteroatoms. The molecule has 4 heterocycles. The molecule has 2 aliphatic heterocycles. The van der Waals surface area contributed by atoms with Gasteiger partial charge in [0, 0.05) is 25.2 Å². The molecule has 5 rings (SSSR count). The maximum absolute atomic E-state index is 4.73. The molecule has 0 spiro atoms. The molecule has 156 valence electrons. The van der Waals surface area contributed by atoms with Crippen LogP contribution in [0.1, 0.15) is 48.8 Å². The first-order valence-electron chi connectivity index (χ1n) is 11.2. The number of rotatable bonds is 6. The summed E-state index contributed by atoms with van der Waals surface area (Å²) in [5.41, 5.74) is 1.31. The van der Waals surface area contributed by atoms with Crippen molar-refractivity contribution in [3.63, 3.8) is 0 Å². The normalized spacial score (nSPS) is 18.2. The Morgan fingerprint density at radius 2 is 1.57 bits per heavy atom. The predicted octanol–water partition coefficient (Wildman–Crippen LogP) is 3.70. The van der Waals surface area contributed by atoms with Gasteiger partial charge in [-0.25, -0.2) is 4.98 Å². The van der Waals surface area contributed by atoms with E-state index in [0.29, 0.717) is 5.92 Å². The van der Waals surface area contributed by atoms with E-state index in [4.69, 9.17) is 5.10 Å². The summed E-state index contributed by atoms with van der Waals surface area (Å²) in [7, 11) is 0.